The second-order valence-electron chi connectivity index (χ2n) is 5.94. The van der Waals surface area contributed by atoms with Crippen molar-refractivity contribution in [3.05, 3.63) is 35.0 Å². The zero-order valence-corrected chi connectivity index (χ0v) is 15.5. The fraction of sp³-hybridized carbons (Fsp3) is 0.375. The molecule has 2 heterocycles. The van der Waals surface area contributed by atoms with E-state index in [2.05, 4.69) is 20.6 Å². The summed E-state index contributed by atoms with van der Waals surface area (Å²) in [6.45, 7) is 1.90. The molecule has 0 aliphatic carbocycles. The predicted molar refractivity (Wildman–Crippen MR) is 98.7 cm³/mol. The number of rotatable bonds is 5. The Labute approximate surface area is 151 Å². The van der Waals surface area contributed by atoms with Gasteiger partial charge in [-0.05, 0) is 31.0 Å². The van der Waals surface area contributed by atoms with Crippen molar-refractivity contribution < 1.29 is 13.2 Å². The van der Waals surface area contributed by atoms with Crippen LogP contribution in [0.15, 0.2) is 24.4 Å². The van der Waals surface area contributed by atoms with Gasteiger partial charge in [0.05, 0.1) is 24.3 Å². The number of aromatic nitrogens is 2. The molecule has 7 nitrogen and oxygen atoms in total. The summed E-state index contributed by atoms with van der Waals surface area (Å²) in [5.74, 6) is 1.88. The van der Waals surface area contributed by atoms with Crippen molar-refractivity contribution >= 4 is 38.9 Å². The molecule has 3 rings (SSSR count). The van der Waals surface area contributed by atoms with Gasteiger partial charge in [0.1, 0.15) is 11.6 Å². The fourth-order valence-electron chi connectivity index (χ4n) is 2.67. The van der Waals surface area contributed by atoms with Crippen molar-refractivity contribution in [3.63, 3.8) is 0 Å². The molecule has 0 radical (unpaired) electrons. The lowest BCUT2D eigenvalue weighted by Gasteiger charge is -2.14. The van der Waals surface area contributed by atoms with E-state index >= 15 is 0 Å². The number of hydrogen-bond acceptors (Lipinski definition) is 7. The first-order valence-electron chi connectivity index (χ1n) is 7.77. The molecule has 0 bridgehead atoms. The van der Waals surface area contributed by atoms with Crippen molar-refractivity contribution in [2.45, 2.75) is 19.4 Å². The van der Waals surface area contributed by atoms with Crippen LogP contribution in [0.3, 0.4) is 0 Å². The smallest absolute Gasteiger partial charge is 0.229 e. The van der Waals surface area contributed by atoms with Crippen LogP contribution >= 0.6 is 11.6 Å². The molecule has 1 unspecified atom stereocenters. The Bertz CT molecular complexity index is 889. The molecule has 1 saturated heterocycles. The molecule has 1 aliphatic rings. The zero-order chi connectivity index (χ0) is 18.0. The molecule has 1 fully saturated rings. The van der Waals surface area contributed by atoms with Crippen LogP contribution in [-0.2, 0) is 9.84 Å². The third-order valence-corrected chi connectivity index (χ3v) is 6.14. The number of nitrogens with one attached hydrogen (secondary N) is 2. The summed E-state index contributed by atoms with van der Waals surface area (Å²) in [6.07, 6.45) is 2.19. The number of ether oxygens (including phenoxy) is 1. The highest BCUT2D eigenvalue weighted by atomic mass is 35.5. The van der Waals surface area contributed by atoms with Gasteiger partial charge in [0.15, 0.2) is 9.84 Å². The highest BCUT2D eigenvalue weighted by Crippen LogP contribution is 2.32. The van der Waals surface area contributed by atoms with Crippen LogP contribution in [0.4, 0.5) is 17.5 Å². The molecular formula is C16H19ClN4O3S. The van der Waals surface area contributed by atoms with E-state index < -0.39 is 9.84 Å². The van der Waals surface area contributed by atoms with Gasteiger partial charge in [-0.15, -0.1) is 0 Å². The maximum absolute atomic E-state index is 11.6. The molecule has 1 aromatic carbocycles. The second kappa shape index (κ2) is 7.05. The quantitative estimate of drug-likeness (QED) is 0.821. The average Bonchev–Trinajstić information content (AvgIpc) is 2.89. The van der Waals surface area contributed by atoms with Crippen molar-refractivity contribution in [2.75, 3.05) is 29.2 Å². The highest BCUT2D eigenvalue weighted by Gasteiger charge is 2.27. The molecule has 2 N–H and O–H groups in total. The molecule has 1 atom stereocenters. The summed E-state index contributed by atoms with van der Waals surface area (Å²) >= 11 is 6.11. The number of benzene rings is 1. The zero-order valence-electron chi connectivity index (χ0n) is 13.9. The summed E-state index contributed by atoms with van der Waals surface area (Å²) in [6, 6.07) is 5.17. The summed E-state index contributed by atoms with van der Waals surface area (Å²) < 4.78 is 28.4. The minimum absolute atomic E-state index is 0.125. The van der Waals surface area contributed by atoms with Crippen LogP contribution in [0.25, 0.3) is 0 Å². The molecular weight excluding hydrogens is 364 g/mol. The normalized spacial score (nSPS) is 18.8. The van der Waals surface area contributed by atoms with E-state index in [1.165, 1.54) is 0 Å². The van der Waals surface area contributed by atoms with E-state index in [4.69, 9.17) is 16.3 Å². The third-order valence-electron chi connectivity index (χ3n) is 3.97. The highest BCUT2D eigenvalue weighted by molar-refractivity contribution is 7.91. The largest absolute Gasteiger partial charge is 0.495 e. The predicted octanol–water partition coefficient (Wildman–Crippen LogP) is 2.79. The van der Waals surface area contributed by atoms with E-state index in [-0.39, 0.29) is 17.5 Å². The number of halogens is 1. The van der Waals surface area contributed by atoms with Crippen molar-refractivity contribution in [1.29, 1.82) is 0 Å². The molecule has 0 amide bonds. The van der Waals surface area contributed by atoms with Gasteiger partial charge in [-0.3, -0.25) is 0 Å². The van der Waals surface area contributed by atoms with Gasteiger partial charge in [0.2, 0.25) is 5.95 Å². The van der Waals surface area contributed by atoms with Crippen LogP contribution in [-0.4, -0.2) is 43.0 Å². The maximum Gasteiger partial charge on any atom is 0.229 e. The van der Waals surface area contributed by atoms with E-state index in [1.54, 1.807) is 25.4 Å². The van der Waals surface area contributed by atoms with Gasteiger partial charge < -0.3 is 15.4 Å². The molecule has 25 heavy (non-hydrogen) atoms. The topological polar surface area (TPSA) is 93.2 Å². The lowest BCUT2D eigenvalue weighted by Crippen LogP contribution is -2.21. The average molecular weight is 383 g/mol. The van der Waals surface area contributed by atoms with Gasteiger partial charge >= 0.3 is 0 Å². The Hall–Kier alpha value is -2.06. The van der Waals surface area contributed by atoms with Crippen LogP contribution in [0.1, 0.15) is 12.0 Å². The van der Waals surface area contributed by atoms with Gasteiger partial charge in [0.25, 0.3) is 0 Å². The number of methoxy groups -OCH3 is 1. The number of sulfone groups is 1. The molecule has 9 heteroatoms. The Morgan fingerprint density at radius 1 is 1.36 bits per heavy atom. The Morgan fingerprint density at radius 3 is 2.84 bits per heavy atom. The Balaban J connectivity index is 1.77. The molecule has 1 aliphatic heterocycles. The molecule has 0 spiro atoms. The summed E-state index contributed by atoms with van der Waals surface area (Å²) in [5.41, 5.74) is 1.60. The van der Waals surface area contributed by atoms with Gasteiger partial charge in [-0.2, -0.15) is 4.98 Å². The van der Waals surface area contributed by atoms with Crippen LogP contribution in [0, 0.1) is 6.92 Å². The van der Waals surface area contributed by atoms with Crippen molar-refractivity contribution in [2.24, 2.45) is 0 Å². The van der Waals surface area contributed by atoms with Gasteiger partial charge in [-0.25, -0.2) is 13.4 Å². The number of anilines is 3. The third kappa shape index (κ3) is 4.32. The molecule has 134 valence electrons. The number of nitrogens with zero attached hydrogens (tertiary/aromatic N) is 2. The standard InChI is InChI=1S/C16H19ClN4O3S/c1-10-7-13(14(24-2)8-12(10)17)20-16-18-5-3-15(21-16)19-11-4-6-25(22,23)9-11/h3,5,7-8,11H,4,6,9H2,1-2H3,(H2,18,19,20,21). The van der Waals surface area contributed by atoms with Gasteiger partial charge in [-0.1, -0.05) is 11.6 Å². The summed E-state index contributed by atoms with van der Waals surface area (Å²) in [4.78, 5) is 8.59. The first-order chi connectivity index (χ1) is 11.9. The van der Waals surface area contributed by atoms with E-state index in [0.717, 1.165) is 5.56 Å². The second-order valence-corrected chi connectivity index (χ2v) is 8.57. The van der Waals surface area contributed by atoms with Crippen LogP contribution in [0.2, 0.25) is 5.02 Å². The van der Waals surface area contributed by atoms with E-state index in [9.17, 15) is 8.42 Å². The minimum atomic E-state index is -2.94. The van der Waals surface area contributed by atoms with Crippen molar-refractivity contribution in [1.82, 2.24) is 9.97 Å². The Kier molecular flexibility index (Phi) is 5.01. The van der Waals surface area contributed by atoms with Crippen LogP contribution in [0.5, 0.6) is 5.75 Å². The summed E-state index contributed by atoms with van der Waals surface area (Å²) in [5, 5.41) is 6.87. The first-order valence-corrected chi connectivity index (χ1v) is 9.97. The number of hydrogen-bond donors (Lipinski definition) is 2. The number of aryl methyl sites for hydroxylation is 1. The molecule has 1 aromatic heterocycles. The first kappa shape index (κ1) is 17.8. The lowest BCUT2D eigenvalue weighted by atomic mass is 10.2. The van der Waals surface area contributed by atoms with E-state index in [1.807, 2.05) is 13.0 Å². The van der Waals surface area contributed by atoms with E-state index in [0.29, 0.717) is 34.6 Å². The lowest BCUT2D eigenvalue weighted by molar-refractivity contribution is 0.416. The van der Waals surface area contributed by atoms with Crippen LogP contribution < -0.4 is 15.4 Å². The monoisotopic (exact) mass is 382 g/mol. The molecule has 2 aromatic rings. The maximum atomic E-state index is 11.6. The minimum Gasteiger partial charge on any atom is -0.495 e. The summed E-state index contributed by atoms with van der Waals surface area (Å²) in [7, 11) is -1.38. The fourth-order valence-corrected chi connectivity index (χ4v) is 4.49. The SMILES string of the molecule is COc1cc(Cl)c(C)cc1Nc1nccc(NC2CCS(=O)(=O)C2)n1. The van der Waals surface area contributed by atoms with Crippen molar-refractivity contribution in [3.8, 4) is 5.75 Å². The van der Waals surface area contributed by atoms with Gasteiger partial charge in [0, 0.05) is 23.3 Å². The molecule has 0 saturated carbocycles. The Morgan fingerprint density at radius 2 is 2.16 bits per heavy atom.